The predicted octanol–water partition coefficient (Wildman–Crippen LogP) is 6.33. The Kier molecular flexibility index (Phi) is 7.85. The van der Waals surface area contributed by atoms with E-state index in [9.17, 15) is 4.79 Å². The van der Waals surface area contributed by atoms with Gasteiger partial charge in [-0.1, -0.05) is 42.5 Å². The Morgan fingerprint density at radius 2 is 1.95 bits per heavy atom. The molecule has 5 rings (SSSR count). The summed E-state index contributed by atoms with van der Waals surface area (Å²) in [6, 6.07) is 19.2. The van der Waals surface area contributed by atoms with Crippen LogP contribution in [0, 0.1) is 13.8 Å². The number of esters is 1. The molecule has 39 heavy (non-hydrogen) atoms. The number of anilines is 2. The number of benzene rings is 3. The van der Waals surface area contributed by atoms with Crippen molar-refractivity contribution in [3.63, 3.8) is 0 Å². The van der Waals surface area contributed by atoms with Crippen molar-refractivity contribution in [2.24, 2.45) is 0 Å². The van der Waals surface area contributed by atoms with Gasteiger partial charge in [0.25, 0.3) is 0 Å². The quantitative estimate of drug-likeness (QED) is 0.263. The summed E-state index contributed by atoms with van der Waals surface area (Å²) in [4.78, 5) is 15.3. The van der Waals surface area contributed by atoms with Crippen molar-refractivity contribution >= 4 is 17.3 Å². The Bertz CT molecular complexity index is 1350. The Hall–Kier alpha value is -3.51. The average molecular weight is 528 g/mol. The van der Waals surface area contributed by atoms with E-state index in [2.05, 4.69) is 65.7 Å². The van der Waals surface area contributed by atoms with E-state index in [-0.39, 0.29) is 23.9 Å². The van der Waals surface area contributed by atoms with Crippen molar-refractivity contribution in [1.82, 2.24) is 4.90 Å². The van der Waals surface area contributed by atoms with E-state index in [1.807, 2.05) is 27.0 Å². The molecular weight excluding hydrogens is 486 g/mol. The van der Waals surface area contributed by atoms with Gasteiger partial charge in [0.1, 0.15) is 11.4 Å². The molecule has 0 aromatic heterocycles. The van der Waals surface area contributed by atoms with Gasteiger partial charge in [-0.05, 0) is 80.0 Å². The Labute approximate surface area is 232 Å². The lowest BCUT2D eigenvalue weighted by Gasteiger charge is -2.43. The number of para-hydroxylation sites is 1. The molecule has 0 saturated heterocycles. The number of nitrogens with two attached hydrogens (primary N) is 1. The largest absolute Gasteiger partial charge is 0.486 e. The van der Waals surface area contributed by atoms with Crippen LogP contribution in [0.2, 0.25) is 0 Å². The number of nitrogen functional groups attached to an aromatic ring is 1. The lowest BCUT2D eigenvalue weighted by Crippen LogP contribution is -2.50. The molecule has 1 saturated carbocycles. The minimum Gasteiger partial charge on any atom is -0.486 e. The highest BCUT2D eigenvalue weighted by molar-refractivity contribution is 5.75. The van der Waals surface area contributed by atoms with Crippen molar-refractivity contribution in [2.45, 2.75) is 71.1 Å². The van der Waals surface area contributed by atoms with E-state index in [4.69, 9.17) is 15.2 Å². The molecule has 6 heteroatoms. The maximum Gasteiger partial charge on any atom is 0.306 e. The molecule has 6 nitrogen and oxygen atoms in total. The molecule has 0 amide bonds. The highest BCUT2D eigenvalue weighted by Gasteiger charge is 2.43. The number of fused-ring (bicyclic) bond motifs is 1. The highest BCUT2D eigenvalue weighted by Crippen LogP contribution is 2.42. The second-order valence-corrected chi connectivity index (χ2v) is 11.1. The van der Waals surface area contributed by atoms with Crippen molar-refractivity contribution in [2.75, 3.05) is 31.2 Å². The van der Waals surface area contributed by atoms with Gasteiger partial charge < -0.3 is 20.5 Å². The molecule has 1 fully saturated rings. The molecule has 2 aliphatic rings. The molecule has 1 heterocycles. The first-order valence-corrected chi connectivity index (χ1v) is 14.1. The van der Waals surface area contributed by atoms with Gasteiger partial charge in [0, 0.05) is 38.2 Å². The Balaban J connectivity index is 1.49. The van der Waals surface area contributed by atoms with Crippen molar-refractivity contribution in [3.8, 4) is 5.75 Å². The van der Waals surface area contributed by atoms with Crippen LogP contribution in [0.3, 0.4) is 0 Å². The Morgan fingerprint density at radius 3 is 2.67 bits per heavy atom. The topological polar surface area (TPSA) is 76.8 Å². The van der Waals surface area contributed by atoms with Crippen LogP contribution in [0.1, 0.15) is 71.9 Å². The molecule has 0 bridgehead atoms. The summed E-state index contributed by atoms with van der Waals surface area (Å²) < 4.78 is 12.0. The lowest BCUT2D eigenvalue weighted by molar-refractivity contribution is -0.143. The van der Waals surface area contributed by atoms with Crippen LogP contribution in [-0.2, 0) is 22.6 Å². The fourth-order valence-electron chi connectivity index (χ4n) is 6.10. The number of nitrogens with one attached hydrogen (secondary N) is 1. The third-order valence-electron chi connectivity index (χ3n) is 8.52. The predicted molar refractivity (Wildman–Crippen MR) is 157 cm³/mol. The van der Waals surface area contributed by atoms with E-state index in [0.29, 0.717) is 12.3 Å². The smallest absolute Gasteiger partial charge is 0.306 e. The fourth-order valence-corrected chi connectivity index (χ4v) is 6.10. The van der Waals surface area contributed by atoms with E-state index < -0.39 is 0 Å². The maximum atomic E-state index is 12.8. The number of nitrogens with zero attached hydrogens (tertiary/aromatic N) is 1. The standard InChI is InChI=1S/C33H41N3O3/c1-5-38-31(37)18-28(27-13-14-29(35-4)32(34)23(27)3)24-12-11-22(2)26(17-24)20-36-19-25-9-6-7-10-30(25)39-33(21-36)15-8-16-33/h6-7,9-14,17,28,35H,5,8,15-16,18-21,34H2,1-4H3. The minimum atomic E-state index is -0.200. The molecule has 1 unspecified atom stereocenters. The van der Waals surface area contributed by atoms with Crippen LogP contribution in [-0.4, -0.2) is 36.7 Å². The van der Waals surface area contributed by atoms with Gasteiger partial charge in [0.15, 0.2) is 0 Å². The zero-order chi connectivity index (χ0) is 27.6. The first-order chi connectivity index (χ1) is 18.8. The monoisotopic (exact) mass is 527 g/mol. The summed E-state index contributed by atoms with van der Waals surface area (Å²) in [6.45, 7) is 9.01. The van der Waals surface area contributed by atoms with Gasteiger partial charge in [-0.25, -0.2) is 0 Å². The van der Waals surface area contributed by atoms with Crippen LogP contribution in [0.4, 0.5) is 11.4 Å². The summed E-state index contributed by atoms with van der Waals surface area (Å²) in [5.41, 5.74) is 14.9. The number of carbonyl (C=O) groups is 1. The summed E-state index contributed by atoms with van der Waals surface area (Å²) in [5, 5.41) is 3.16. The van der Waals surface area contributed by atoms with Gasteiger partial charge in [0.2, 0.25) is 0 Å². The van der Waals surface area contributed by atoms with Gasteiger partial charge in [0.05, 0.1) is 24.4 Å². The number of ether oxygens (including phenoxy) is 2. The van der Waals surface area contributed by atoms with Crippen molar-refractivity contribution < 1.29 is 14.3 Å². The van der Waals surface area contributed by atoms with Gasteiger partial charge in [-0.3, -0.25) is 9.69 Å². The Morgan fingerprint density at radius 1 is 1.15 bits per heavy atom. The van der Waals surface area contributed by atoms with E-state index in [1.54, 1.807) is 0 Å². The molecule has 0 radical (unpaired) electrons. The highest BCUT2D eigenvalue weighted by atomic mass is 16.5. The zero-order valence-corrected chi connectivity index (χ0v) is 23.7. The number of hydrogen-bond acceptors (Lipinski definition) is 6. The molecule has 1 spiro atoms. The molecule has 3 aromatic rings. The van der Waals surface area contributed by atoms with Crippen LogP contribution in [0.5, 0.6) is 5.75 Å². The minimum absolute atomic E-state index is 0.0890. The summed E-state index contributed by atoms with van der Waals surface area (Å²) in [7, 11) is 1.87. The second-order valence-electron chi connectivity index (χ2n) is 11.1. The first-order valence-electron chi connectivity index (χ1n) is 14.1. The fraction of sp³-hybridized carbons (Fsp3) is 0.424. The number of hydrogen-bond donors (Lipinski definition) is 2. The van der Waals surface area contributed by atoms with E-state index in [1.165, 1.54) is 23.1 Å². The molecule has 1 atom stereocenters. The van der Waals surface area contributed by atoms with Crippen molar-refractivity contribution in [1.29, 1.82) is 0 Å². The SMILES string of the molecule is CCOC(=O)CC(c1ccc(C)c(CN2Cc3ccccc3OC3(CCC3)C2)c1)c1ccc(NC)c(N)c1C. The van der Waals surface area contributed by atoms with E-state index in [0.717, 1.165) is 60.6 Å². The number of aryl methyl sites for hydroxylation is 1. The summed E-state index contributed by atoms with van der Waals surface area (Å²) in [6.07, 6.45) is 3.68. The molecule has 3 N–H and O–H groups in total. The normalized spacial score (nSPS) is 16.9. The van der Waals surface area contributed by atoms with Crippen LogP contribution < -0.4 is 15.8 Å². The van der Waals surface area contributed by atoms with Crippen molar-refractivity contribution in [3.05, 3.63) is 88.0 Å². The summed E-state index contributed by atoms with van der Waals surface area (Å²) in [5.74, 6) is 0.675. The lowest BCUT2D eigenvalue weighted by atomic mass is 9.79. The molecule has 1 aliphatic carbocycles. The third kappa shape index (κ3) is 5.62. The first kappa shape index (κ1) is 27.1. The molecule has 3 aromatic carbocycles. The third-order valence-corrected chi connectivity index (χ3v) is 8.52. The van der Waals surface area contributed by atoms with Gasteiger partial charge >= 0.3 is 5.97 Å². The van der Waals surface area contributed by atoms with Crippen LogP contribution in [0.25, 0.3) is 0 Å². The molecular formula is C33H41N3O3. The number of carbonyl (C=O) groups excluding carboxylic acids is 1. The van der Waals surface area contributed by atoms with Crippen LogP contribution in [0.15, 0.2) is 54.6 Å². The number of rotatable bonds is 8. The zero-order valence-electron chi connectivity index (χ0n) is 23.7. The molecule has 206 valence electrons. The average Bonchev–Trinajstić information content (AvgIpc) is 3.07. The second kappa shape index (κ2) is 11.3. The van der Waals surface area contributed by atoms with Gasteiger partial charge in [-0.15, -0.1) is 0 Å². The maximum absolute atomic E-state index is 12.8. The molecule has 1 aliphatic heterocycles. The van der Waals surface area contributed by atoms with Crippen LogP contribution >= 0.6 is 0 Å². The van der Waals surface area contributed by atoms with Gasteiger partial charge in [-0.2, -0.15) is 0 Å². The van der Waals surface area contributed by atoms with E-state index >= 15 is 0 Å². The summed E-state index contributed by atoms with van der Waals surface area (Å²) >= 11 is 0.